The highest BCUT2D eigenvalue weighted by Gasteiger charge is 2.19. The maximum atomic E-state index is 10.2. The molecular weight excluding hydrogens is 619 g/mol. The van der Waals surface area contributed by atoms with Crippen molar-refractivity contribution >= 4 is 65.4 Å². The molecular formula is C48H31N3. The van der Waals surface area contributed by atoms with Gasteiger partial charge >= 0.3 is 0 Å². The fraction of sp³-hybridized carbons (Fsp3) is 0. The number of benzene rings is 8. The first-order chi connectivity index (χ1) is 36.6. The molecule has 0 saturated heterocycles. The summed E-state index contributed by atoms with van der Waals surface area (Å²) in [6.07, 6.45) is 0. The van der Waals surface area contributed by atoms with Crippen LogP contribution in [0.15, 0.2) is 187 Å². The summed E-state index contributed by atoms with van der Waals surface area (Å²) in [4.78, 5) is 0. The van der Waals surface area contributed by atoms with Gasteiger partial charge in [0.25, 0.3) is 0 Å². The molecule has 0 radical (unpaired) electrons. The van der Waals surface area contributed by atoms with E-state index in [4.69, 9.17) is 26.0 Å². The second-order valence-electron chi connectivity index (χ2n) is 11.3. The number of fused-ring (bicyclic) bond motifs is 9. The Morgan fingerprint density at radius 1 is 0.294 bits per heavy atom. The van der Waals surface area contributed by atoms with E-state index in [-0.39, 0.29) is 17.2 Å². The molecule has 11 rings (SSSR count). The Balaban J connectivity index is 1.46. The van der Waals surface area contributed by atoms with E-state index in [0.717, 1.165) is 13.7 Å². The molecule has 0 spiro atoms. The zero-order chi connectivity index (χ0) is 57.0. The van der Waals surface area contributed by atoms with Crippen LogP contribution in [-0.4, -0.2) is 13.7 Å². The topological polar surface area (TPSA) is 14.8 Å². The molecule has 51 heavy (non-hydrogen) atoms. The van der Waals surface area contributed by atoms with Gasteiger partial charge in [0.15, 0.2) is 0 Å². The molecule has 0 unspecified atom stereocenters. The van der Waals surface area contributed by atoms with E-state index in [0.29, 0.717) is 0 Å². The first-order valence-electron chi connectivity index (χ1n) is 28.8. The van der Waals surface area contributed by atoms with E-state index in [1.807, 2.05) is 0 Å². The van der Waals surface area contributed by atoms with Crippen molar-refractivity contribution in [2.75, 3.05) is 0 Å². The van der Waals surface area contributed by atoms with Gasteiger partial charge in [-0.05, 0) is 83.6 Å². The minimum atomic E-state index is -1.01. The van der Waals surface area contributed by atoms with Gasteiger partial charge in [0.1, 0.15) is 0 Å². The minimum Gasteiger partial charge on any atom is -0.309 e. The monoisotopic (exact) mass is 676 g/mol. The largest absolute Gasteiger partial charge is 0.309 e. The van der Waals surface area contributed by atoms with Gasteiger partial charge in [-0.25, -0.2) is 0 Å². The lowest BCUT2D eigenvalue weighted by molar-refractivity contribution is 1.16. The first-order valence-corrected chi connectivity index (χ1v) is 15.3. The maximum Gasteiger partial charge on any atom is 0.0652 e. The Bertz CT molecular complexity index is 4290. The van der Waals surface area contributed by atoms with Crippen LogP contribution < -0.4 is 0 Å². The second-order valence-corrected chi connectivity index (χ2v) is 11.3. The third-order valence-corrected chi connectivity index (χ3v) is 8.61. The fourth-order valence-electron chi connectivity index (χ4n) is 6.47. The van der Waals surface area contributed by atoms with Crippen LogP contribution in [0.2, 0.25) is 0 Å². The predicted octanol–water partition coefficient (Wildman–Crippen LogP) is 12.6. The fourth-order valence-corrected chi connectivity index (χ4v) is 6.47. The third kappa shape index (κ3) is 4.12. The van der Waals surface area contributed by atoms with E-state index in [1.54, 1.807) is 0 Å². The van der Waals surface area contributed by atoms with Gasteiger partial charge in [-0.15, -0.1) is 0 Å². The Morgan fingerprint density at radius 2 is 0.686 bits per heavy atom. The number of para-hydroxylation sites is 4. The van der Waals surface area contributed by atoms with Gasteiger partial charge < -0.3 is 13.7 Å². The molecule has 3 aromatic heterocycles. The van der Waals surface area contributed by atoms with Gasteiger partial charge in [0.2, 0.25) is 0 Å². The van der Waals surface area contributed by atoms with Crippen molar-refractivity contribution in [2.45, 2.75) is 0 Å². The zero-order valence-corrected chi connectivity index (χ0v) is 25.7. The molecule has 0 aliphatic carbocycles. The molecule has 0 atom stereocenters. The summed E-state index contributed by atoms with van der Waals surface area (Å²) in [6.45, 7) is 0. The summed E-state index contributed by atoms with van der Waals surface area (Å²) in [7, 11) is 0. The van der Waals surface area contributed by atoms with Crippen LogP contribution in [0, 0.1) is 0 Å². The predicted molar refractivity (Wildman–Crippen MR) is 215 cm³/mol. The maximum absolute atomic E-state index is 10.2. The molecule has 11 aromatic rings. The first kappa shape index (κ1) is 12.5. The van der Waals surface area contributed by atoms with Crippen LogP contribution in [0.1, 0.15) is 37.0 Å². The molecule has 3 nitrogen and oxygen atoms in total. The summed E-state index contributed by atoms with van der Waals surface area (Å²) in [5.41, 5.74) is -6.23. The van der Waals surface area contributed by atoms with Crippen LogP contribution in [0.3, 0.4) is 0 Å². The van der Waals surface area contributed by atoms with Crippen LogP contribution in [0.25, 0.3) is 93.6 Å². The third-order valence-electron chi connectivity index (χ3n) is 8.61. The van der Waals surface area contributed by atoms with Crippen LogP contribution >= 0.6 is 0 Å². The standard InChI is InChI=1S/C48H31N3/c1-2-13-32(14-3-1)33-15-12-16-34(29-33)49-47-27-25-35(50-43-21-8-4-17-37(43)38-18-5-9-22-44(38)50)30-41(47)42-31-36(26-28-48(42)49)51-45-23-10-6-19-39(45)40-20-7-11-24-46(40)51/h1-31H/i1D,4D,5D,6D,7D,8D,9D,10D,11D,12D,15D,16D,17D,18D,19D,20D,21D,22D,23D,24D,25D,26D,27D,28D,29D,30D,31D. The Labute approximate surface area is 332 Å². The van der Waals surface area contributed by atoms with E-state index < -0.39 is 240 Å². The molecule has 0 aliphatic heterocycles. The molecule has 0 amide bonds. The van der Waals surface area contributed by atoms with Crippen LogP contribution in [0.4, 0.5) is 0 Å². The van der Waals surface area contributed by atoms with Gasteiger partial charge in [0.05, 0.1) is 70.1 Å². The van der Waals surface area contributed by atoms with Crippen molar-refractivity contribution in [3.8, 4) is 28.2 Å². The van der Waals surface area contributed by atoms with Crippen molar-refractivity contribution in [1.82, 2.24) is 13.7 Å². The lowest BCUT2D eigenvalue weighted by atomic mass is 10.1. The van der Waals surface area contributed by atoms with Gasteiger partial charge in [-0.3, -0.25) is 0 Å². The zero-order valence-electron chi connectivity index (χ0n) is 52.7. The number of hydrogen-bond acceptors (Lipinski definition) is 0. The normalized spacial score (nSPS) is 19.3. The van der Waals surface area contributed by atoms with Crippen molar-refractivity contribution in [1.29, 1.82) is 0 Å². The summed E-state index contributed by atoms with van der Waals surface area (Å²) >= 11 is 0. The molecule has 8 aromatic carbocycles. The Hall–Kier alpha value is -6.84. The lowest BCUT2D eigenvalue weighted by Crippen LogP contribution is -1.96. The van der Waals surface area contributed by atoms with Crippen molar-refractivity contribution in [3.05, 3.63) is 187 Å². The van der Waals surface area contributed by atoms with E-state index in [2.05, 4.69) is 0 Å². The van der Waals surface area contributed by atoms with Gasteiger partial charge in [-0.2, -0.15) is 0 Å². The summed E-state index contributed by atoms with van der Waals surface area (Å²) in [5, 5.41) is -3.24. The lowest BCUT2D eigenvalue weighted by Gasteiger charge is -2.12. The van der Waals surface area contributed by atoms with E-state index in [9.17, 15) is 11.0 Å². The minimum absolute atomic E-state index is 0.0210. The second kappa shape index (κ2) is 10.8. The van der Waals surface area contributed by atoms with E-state index in [1.165, 1.54) is 24.3 Å². The quantitative estimate of drug-likeness (QED) is 0.176. The Morgan fingerprint density at radius 3 is 1.14 bits per heavy atom. The molecule has 0 bridgehead atoms. The van der Waals surface area contributed by atoms with E-state index >= 15 is 0 Å². The highest BCUT2D eigenvalue weighted by molar-refractivity contribution is 6.14. The van der Waals surface area contributed by atoms with Crippen molar-refractivity contribution < 1.29 is 37.0 Å². The van der Waals surface area contributed by atoms with Crippen molar-refractivity contribution in [2.24, 2.45) is 0 Å². The summed E-state index contributed by atoms with van der Waals surface area (Å²) < 4.78 is 249. The molecule has 0 saturated carbocycles. The molecule has 0 aliphatic rings. The van der Waals surface area contributed by atoms with Gasteiger partial charge in [-0.1, -0.05) is 115 Å². The summed E-state index contributed by atoms with van der Waals surface area (Å²) in [5.74, 6) is 0. The molecule has 0 N–H and O–H groups in total. The number of hydrogen-bond donors (Lipinski definition) is 0. The molecule has 0 fully saturated rings. The SMILES string of the molecule is [2H]c1ccc(-c2c([2H])c([2H])c([2H])c(-n3c4c([2H])c([2H])c(-n5c6c([2H])c([2H])c([2H])c([2H])c6c6c([2H])c([2H])c([2H])c([2H])c65)c([2H])c4c4c([2H])c(-n5c6c([2H])c([2H])c([2H])c([2H])c6c6c([2H])c([2H])c([2H])c([2H])c65)c([2H])c([2H])c43)c2[2H])cc1. The molecule has 238 valence electrons. The Kier molecular flexibility index (Phi) is 2.65. The highest BCUT2D eigenvalue weighted by Crippen LogP contribution is 2.39. The average Bonchev–Trinajstić information content (AvgIpc) is 4.28. The molecule has 3 heteroatoms. The number of nitrogens with zero attached hydrogens (tertiary/aromatic N) is 3. The van der Waals surface area contributed by atoms with Crippen molar-refractivity contribution in [3.63, 3.8) is 0 Å². The molecule has 3 heterocycles. The average molecular weight is 677 g/mol. The highest BCUT2D eigenvalue weighted by atomic mass is 15.0. The number of aromatic nitrogens is 3. The smallest absolute Gasteiger partial charge is 0.0652 e. The van der Waals surface area contributed by atoms with Crippen LogP contribution in [-0.2, 0) is 0 Å². The summed E-state index contributed by atoms with van der Waals surface area (Å²) in [6, 6.07) is -17.0. The van der Waals surface area contributed by atoms with Crippen LogP contribution in [0.5, 0.6) is 0 Å². The van der Waals surface area contributed by atoms with Gasteiger partial charge in [0, 0.05) is 49.4 Å². The number of rotatable bonds is 4.